The number of benzene rings is 1. The number of halogens is 3. The van der Waals surface area contributed by atoms with Gasteiger partial charge in [-0.1, -0.05) is 107 Å². The Hall–Kier alpha value is -0.970. The number of hydrogen-bond acceptors (Lipinski definition) is 4. The Labute approximate surface area is 201 Å². The van der Waals surface area contributed by atoms with Crippen molar-refractivity contribution in [1.82, 2.24) is 0 Å². The van der Waals surface area contributed by atoms with Crippen LogP contribution in [0.3, 0.4) is 0 Å². The van der Waals surface area contributed by atoms with Crippen molar-refractivity contribution < 1.29 is 19.1 Å². The van der Waals surface area contributed by atoms with E-state index in [1.54, 1.807) is 13.8 Å². The zero-order chi connectivity index (χ0) is 23.3. The average molecular weight is 494 g/mol. The van der Waals surface area contributed by atoms with Gasteiger partial charge in [0.15, 0.2) is 11.2 Å². The largest absolute Gasteiger partial charge is 0.465 e. The van der Waals surface area contributed by atoms with Gasteiger partial charge in [0.25, 0.3) is 0 Å². The molecule has 0 aliphatic rings. The number of carbonyl (C=O) groups excluding carboxylic acids is 2. The number of ether oxygens (including phenoxy) is 2. The minimum Gasteiger partial charge on any atom is -0.465 e. The summed E-state index contributed by atoms with van der Waals surface area (Å²) < 4.78 is 10.9. The Morgan fingerprint density at radius 3 is 1.90 bits per heavy atom. The van der Waals surface area contributed by atoms with Crippen LogP contribution in [-0.2, 0) is 14.3 Å². The van der Waals surface area contributed by atoms with Gasteiger partial charge in [-0.05, 0) is 25.3 Å². The number of unbranched alkanes of at least 4 members (excludes halogenated alkanes) is 8. The zero-order valence-electron chi connectivity index (χ0n) is 18.9. The Bertz CT molecular complexity index is 702. The maximum atomic E-state index is 12.9. The van der Waals surface area contributed by atoms with E-state index >= 15 is 0 Å². The van der Waals surface area contributed by atoms with E-state index in [1.807, 2.05) is 0 Å². The topological polar surface area (TPSA) is 52.6 Å². The molecule has 0 saturated carbocycles. The van der Waals surface area contributed by atoms with E-state index in [2.05, 4.69) is 6.92 Å². The van der Waals surface area contributed by atoms with Gasteiger partial charge in [0.2, 0.25) is 0 Å². The molecule has 0 amide bonds. The van der Waals surface area contributed by atoms with Gasteiger partial charge in [0.1, 0.15) is 5.02 Å². The van der Waals surface area contributed by atoms with Gasteiger partial charge < -0.3 is 9.47 Å². The average Bonchev–Trinajstić information content (AvgIpc) is 2.74. The number of esters is 2. The van der Waals surface area contributed by atoms with Crippen LogP contribution < -0.4 is 4.74 Å². The summed E-state index contributed by atoms with van der Waals surface area (Å²) >= 11 is 18.1. The molecule has 1 rings (SSSR count). The summed E-state index contributed by atoms with van der Waals surface area (Å²) in [6, 6.07) is 2.85. The van der Waals surface area contributed by atoms with Crippen molar-refractivity contribution >= 4 is 46.7 Å². The first kappa shape index (κ1) is 28.1. The predicted molar refractivity (Wildman–Crippen MR) is 128 cm³/mol. The molecule has 0 saturated heterocycles. The van der Waals surface area contributed by atoms with Crippen LogP contribution in [0.15, 0.2) is 12.1 Å². The van der Waals surface area contributed by atoms with E-state index in [9.17, 15) is 9.59 Å². The van der Waals surface area contributed by atoms with E-state index in [-0.39, 0.29) is 33.7 Å². The van der Waals surface area contributed by atoms with Crippen molar-refractivity contribution in [3.8, 4) is 5.75 Å². The molecular formula is C24H35Cl3O4. The Kier molecular flexibility index (Phi) is 13.6. The molecule has 0 heterocycles. The highest BCUT2D eigenvalue weighted by Crippen LogP contribution is 2.38. The van der Waals surface area contributed by atoms with Crippen molar-refractivity contribution in [3.05, 3.63) is 27.2 Å². The van der Waals surface area contributed by atoms with E-state index in [0.717, 1.165) is 19.3 Å². The first-order valence-electron chi connectivity index (χ1n) is 11.4. The van der Waals surface area contributed by atoms with Crippen LogP contribution in [0.2, 0.25) is 15.1 Å². The van der Waals surface area contributed by atoms with Gasteiger partial charge in [0, 0.05) is 11.1 Å². The summed E-state index contributed by atoms with van der Waals surface area (Å²) in [7, 11) is 0. The molecule has 0 aliphatic heterocycles. The zero-order valence-corrected chi connectivity index (χ0v) is 21.2. The van der Waals surface area contributed by atoms with Gasteiger partial charge in [-0.15, -0.1) is 0 Å². The lowest BCUT2D eigenvalue weighted by Gasteiger charge is -2.27. The Morgan fingerprint density at radius 1 is 0.806 bits per heavy atom. The Morgan fingerprint density at radius 2 is 1.35 bits per heavy atom. The highest BCUT2D eigenvalue weighted by atomic mass is 35.5. The molecule has 0 fully saturated rings. The predicted octanol–water partition coefficient (Wildman–Crippen LogP) is 8.43. The van der Waals surface area contributed by atoms with E-state index in [0.29, 0.717) is 6.61 Å². The maximum Gasteiger partial charge on any atom is 0.328 e. The van der Waals surface area contributed by atoms with Crippen LogP contribution >= 0.6 is 34.8 Å². The molecule has 0 N–H and O–H groups in total. The second kappa shape index (κ2) is 15.0. The monoisotopic (exact) mass is 492 g/mol. The third-order valence-electron chi connectivity index (χ3n) is 5.63. The minimum absolute atomic E-state index is 0.0298. The smallest absolute Gasteiger partial charge is 0.328 e. The third-order valence-corrected chi connectivity index (χ3v) is 6.63. The van der Waals surface area contributed by atoms with Gasteiger partial charge in [-0.25, -0.2) is 0 Å². The molecule has 4 nitrogen and oxygen atoms in total. The molecule has 1 aromatic carbocycles. The minimum atomic E-state index is -1.39. The lowest BCUT2D eigenvalue weighted by Crippen LogP contribution is -2.42. The van der Waals surface area contributed by atoms with Crippen LogP contribution in [0.4, 0.5) is 0 Å². The van der Waals surface area contributed by atoms with Crippen LogP contribution in [0, 0.1) is 5.41 Å². The van der Waals surface area contributed by atoms with Gasteiger partial charge in [0.05, 0.1) is 11.6 Å². The summed E-state index contributed by atoms with van der Waals surface area (Å²) in [6.45, 7) is 6.04. The van der Waals surface area contributed by atoms with Crippen LogP contribution in [0.1, 0.15) is 91.4 Å². The quantitative estimate of drug-likeness (QED) is 0.0808. The number of hydrogen-bond donors (Lipinski definition) is 0. The van der Waals surface area contributed by atoms with Crippen LogP contribution in [-0.4, -0.2) is 18.5 Å². The fraction of sp³-hybridized carbons (Fsp3) is 0.667. The lowest BCUT2D eigenvalue weighted by molar-refractivity contribution is -0.168. The molecule has 31 heavy (non-hydrogen) atoms. The van der Waals surface area contributed by atoms with Crippen molar-refractivity contribution in [2.24, 2.45) is 5.41 Å². The second-order valence-corrected chi connectivity index (χ2v) is 9.06. The molecule has 0 aliphatic carbocycles. The lowest BCUT2D eigenvalue weighted by atomic mass is 9.82. The third kappa shape index (κ3) is 8.82. The summed E-state index contributed by atoms with van der Waals surface area (Å²) in [6.07, 6.45) is 11.1. The Balaban J connectivity index is 2.55. The molecule has 0 aromatic heterocycles. The molecule has 1 aromatic rings. The molecule has 0 radical (unpaired) electrons. The molecule has 7 heteroatoms. The molecule has 0 bridgehead atoms. The normalized spacial score (nSPS) is 11.4. The second-order valence-electron chi connectivity index (χ2n) is 7.84. The highest BCUT2D eigenvalue weighted by Gasteiger charge is 2.46. The van der Waals surface area contributed by atoms with Crippen LogP contribution in [0.25, 0.3) is 0 Å². The van der Waals surface area contributed by atoms with E-state index in [1.165, 1.54) is 50.7 Å². The number of rotatable bonds is 15. The molecule has 0 unspecified atom stereocenters. The first-order valence-corrected chi connectivity index (χ1v) is 12.5. The summed E-state index contributed by atoms with van der Waals surface area (Å²) in [5.41, 5.74) is -1.39. The van der Waals surface area contributed by atoms with Gasteiger partial charge in [-0.3, -0.25) is 9.59 Å². The molecular weight excluding hydrogens is 459 g/mol. The summed E-state index contributed by atoms with van der Waals surface area (Å²) in [4.78, 5) is 25.7. The van der Waals surface area contributed by atoms with Crippen molar-refractivity contribution in [2.45, 2.75) is 91.4 Å². The fourth-order valence-corrected chi connectivity index (χ4v) is 4.05. The standard InChI is InChI=1S/C24H35Cl3O4/c1-4-7-8-9-10-11-12-13-14-15-30-22(28)24(5-2,6-3)23(29)31-20-17-18(25)16-19(26)21(20)27/h16-17H,4-15H2,1-3H3. The van der Waals surface area contributed by atoms with E-state index in [4.69, 9.17) is 44.3 Å². The van der Waals surface area contributed by atoms with Crippen molar-refractivity contribution in [3.63, 3.8) is 0 Å². The highest BCUT2D eigenvalue weighted by molar-refractivity contribution is 6.44. The maximum absolute atomic E-state index is 12.9. The SMILES string of the molecule is CCCCCCCCCCCOC(=O)C(CC)(CC)C(=O)Oc1cc(Cl)cc(Cl)c1Cl. The van der Waals surface area contributed by atoms with Gasteiger partial charge >= 0.3 is 11.9 Å². The van der Waals surface area contributed by atoms with Crippen LogP contribution in [0.5, 0.6) is 5.75 Å². The fourth-order valence-electron chi connectivity index (χ4n) is 3.43. The van der Waals surface area contributed by atoms with Crippen molar-refractivity contribution in [2.75, 3.05) is 6.61 Å². The van der Waals surface area contributed by atoms with Crippen molar-refractivity contribution in [1.29, 1.82) is 0 Å². The summed E-state index contributed by atoms with van der Waals surface area (Å²) in [5.74, 6) is -1.25. The molecule has 0 atom stereocenters. The first-order chi connectivity index (χ1) is 14.8. The molecule has 0 spiro atoms. The van der Waals surface area contributed by atoms with Gasteiger partial charge in [-0.2, -0.15) is 0 Å². The number of carbonyl (C=O) groups is 2. The van der Waals surface area contributed by atoms with E-state index < -0.39 is 17.4 Å². The summed E-state index contributed by atoms with van der Waals surface area (Å²) in [5, 5.41) is 0.524. The molecule has 176 valence electrons.